The molecule has 1 saturated carbocycles. The molecule has 132 valence electrons. The second kappa shape index (κ2) is 8.08. The Morgan fingerprint density at radius 3 is 2.58 bits per heavy atom. The van der Waals surface area contributed by atoms with Gasteiger partial charge in [-0.1, -0.05) is 19.3 Å². The third-order valence-corrected chi connectivity index (χ3v) is 5.55. The summed E-state index contributed by atoms with van der Waals surface area (Å²) in [6.45, 7) is 2.79. The van der Waals surface area contributed by atoms with Crippen molar-refractivity contribution in [3.05, 3.63) is 23.9 Å². The van der Waals surface area contributed by atoms with Gasteiger partial charge in [-0.15, -0.1) is 0 Å². The van der Waals surface area contributed by atoms with Gasteiger partial charge in [0, 0.05) is 30.3 Å². The first kappa shape index (κ1) is 17.4. The Hall–Kier alpha value is -1.46. The normalized spacial score (nSPS) is 21.6. The fourth-order valence-electron chi connectivity index (χ4n) is 3.85. The van der Waals surface area contributed by atoms with Crippen molar-refractivity contribution in [2.24, 2.45) is 5.41 Å². The van der Waals surface area contributed by atoms with Crippen LogP contribution in [-0.4, -0.2) is 48.8 Å². The number of nitrogens with zero attached hydrogens (tertiary/aromatic N) is 2. The Labute approximate surface area is 144 Å². The average molecular weight is 332 g/mol. The van der Waals surface area contributed by atoms with E-state index in [0.29, 0.717) is 12.2 Å². The number of aliphatic hydroxyl groups excluding tert-OH is 1. The summed E-state index contributed by atoms with van der Waals surface area (Å²) in [5.41, 5.74) is 0.612. The minimum atomic E-state index is 0.00159. The van der Waals surface area contributed by atoms with Crippen molar-refractivity contribution in [2.45, 2.75) is 51.0 Å². The zero-order valence-corrected chi connectivity index (χ0v) is 14.3. The van der Waals surface area contributed by atoms with Gasteiger partial charge in [-0.05, 0) is 37.8 Å². The lowest BCUT2D eigenvalue weighted by molar-refractivity contribution is -0.0556. The van der Waals surface area contributed by atoms with Crippen molar-refractivity contribution in [2.75, 3.05) is 31.2 Å². The predicted molar refractivity (Wildman–Crippen MR) is 93.4 cm³/mol. The highest BCUT2D eigenvalue weighted by molar-refractivity contribution is 5.74. The van der Waals surface area contributed by atoms with Crippen LogP contribution in [0.3, 0.4) is 0 Å². The minimum absolute atomic E-state index is 0.00159. The quantitative estimate of drug-likeness (QED) is 0.812. The minimum Gasteiger partial charge on any atom is -0.396 e. The number of ether oxygens (including phenoxy) is 1. The van der Waals surface area contributed by atoms with Crippen LogP contribution >= 0.6 is 0 Å². The van der Waals surface area contributed by atoms with Crippen molar-refractivity contribution in [1.29, 1.82) is 0 Å². The zero-order chi connectivity index (χ0) is 16.8. The van der Waals surface area contributed by atoms with Crippen LogP contribution in [0, 0.1) is 5.41 Å². The van der Waals surface area contributed by atoms with Gasteiger partial charge in [-0.2, -0.15) is 0 Å². The molecule has 2 fully saturated rings. The Balaban J connectivity index is 1.47. The van der Waals surface area contributed by atoms with E-state index in [1.54, 1.807) is 6.20 Å². The van der Waals surface area contributed by atoms with E-state index in [0.717, 1.165) is 50.9 Å². The highest BCUT2D eigenvalue weighted by atomic mass is 16.5. The molecular weight excluding hydrogens is 304 g/mol. The molecule has 3 rings (SSSR count). The van der Waals surface area contributed by atoms with E-state index in [-0.39, 0.29) is 18.1 Å². The molecule has 0 bridgehead atoms. The van der Waals surface area contributed by atoms with Gasteiger partial charge < -0.3 is 14.7 Å². The maximum atomic E-state index is 10.7. The number of carbonyl (C=O) groups is 1. The van der Waals surface area contributed by atoms with Crippen molar-refractivity contribution in [3.63, 3.8) is 0 Å². The van der Waals surface area contributed by atoms with Gasteiger partial charge in [0.2, 0.25) is 0 Å². The zero-order valence-electron chi connectivity index (χ0n) is 14.3. The van der Waals surface area contributed by atoms with Crippen LogP contribution in [0.15, 0.2) is 18.3 Å². The van der Waals surface area contributed by atoms with E-state index in [4.69, 9.17) is 4.74 Å². The molecule has 0 atom stereocenters. The van der Waals surface area contributed by atoms with E-state index in [9.17, 15) is 9.90 Å². The molecule has 1 saturated heterocycles. The van der Waals surface area contributed by atoms with Crippen molar-refractivity contribution >= 4 is 12.1 Å². The van der Waals surface area contributed by atoms with Crippen molar-refractivity contribution < 1.29 is 14.6 Å². The summed E-state index contributed by atoms with van der Waals surface area (Å²) >= 11 is 0. The molecule has 1 aromatic rings. The number of aliphatic hydroxyl groups is 1. The summed E-state index contributed by atoms with van der Waals surface area (Å²) in [7, 11) is 0. The molecule has 5 heteroatoms. The molecule has 1 aromatic heterocycles. The standard InChI is InChI=1S/C19H28N2O3/c22-13-16-4-5-18(20-12-16)21-10-6-17(7-11-21)24-15-19(14-23)8-2-1-3-9-19/h4-5,12-13,17,23H,1-3,6-11,14-15H2. The highest BCUT2D eigenvalue weighted by Crippen LogP contribution is 2.36. The summed E-state index contributed by atoms with van der Waals surface area (Å²) in [6, 6.07) is 3.72. The number of hydrogen-bond acceptors (Lipinski definition) is 5. The number of aldehydes is 1. The molecule has 1 N–H and O–H groups in total. The monoisotopic (exact) mass is 332 g/mol. The van der Waals surface area contributed by atoms with E-state index in [1.165, 1.54) is 19.3 Å². The first-order valence-corrected chi connectivity index (χ1v) is 9.13. The Morgan fingerprint density at radius 2 is 2.00 bits per heavy atom. The van der Waals surface area contributed by atoms with Gasteiger partial charge >= 0.3 is 0 Å². The molecule has 2 aliphatic rings. The molecule has 0 spiro atoms. The number of pyridine rings is 1. The van der Waals surface area contributed by atoms with Gasteiger partial charge in [-0.25, -0.2) is 4.98 Å². The Morgan fingerprint density at radius 1 is 1.25 bits per heavy atom. The third-order valence-electron chi connectivity index (χ3n) is 5.55. The summed E-state index contributed by atoms with van der Waals surface area (Å²) in [5.74, 6) is 0.929. The van der Waals surface area contributed by atoms with Crippen molar-refractivity contribution in [3.8, 4) is 0 Å². The van der Waals surface area contributed by atoms with Gasteiger partial charge in [0.1, 0.15) is 5.82 Å². The number of hydrogen-bond donors (Lipinski definition) is 1. The van der Waals surface area contributed by atoms with Crippen molar-refractivity contribution in [1.82, 2.24) is 4.98 Å². The maximum Gasteiger partial charge on any atom is 0.151 e. The number of anilines is 1. The second-order valence-corrected chi connectivity index (χ2v) is 7.28. The van der Waals surface area contributed by atoms with E-state index >= 15 is 0 Å². The van der Waals surface area contributed by atoms with Crippen LogP contribution < -0.4 is 4.90 Å². The van der Waals surface area contributed by atoms with Gasteiger partial charge in [-0.3, -0.25) is 4.79 Å². The average Bonchev–Trinajstić information content (AvgIpc) is 2.68. The lowest BCUT2D eigenvalue weighted by Crippen LogP contribution is -2.40. The second-order valence-electron chi connectivity index (χ2n) is 7.28. The maximum absolute atomic E-state index is 10.7. The Bertz CT molecular complexity index is 518. The summed E-state index contributed by atoms with van der Waals surface area (Å²) in [4.78, 5) is 17.3. The molecule has 24 heavy (non-hydrogen) atoms. The van der Waals surface area contributed by atoms with E-state index in [1.807, 2.05) is 12.1 Å². The largest absolute Gasteiger partial charge is 0.396 e. The smallest absolute Gasteiger partial charge is 0.151 e. The van der Waals surface area contributed by atoms with Crippen LogP contribution in [0.1, 0.15) is 55.3 Å². The molecule has 0 amide bonds. The van der Waals surface area contributed by atoms with Crippen LogP contribution in [0.5, 0.6) is 0 Å². The molecule has 1 aliphatic heterocycles. The molecular formula is C19H28N2O3. The summed E-state index contributed by atoms with van der Waals surface area (Å²) in [5, 5.41) is 9.78. The fourth-order valence-corrected chi connectivity index (χ4v) is 3.85. The Kier molecular flexibility index (Phi) is 5.85. The summed E-state index contributed by atoms with van der Waals surface area (Å²) in [6.07, 6.45) is 10.6. The molecule has 5 nitrogen and oxygen atoms in total. The number of rotatable bonds is 6. The van der Waals surface area contributed by atoms with Crippen LogP contribution in [0.4, 0.5) is 5.82 Å². The van der Waals surface area contributed by atoms with Gasteiger partial charge in [0.05, 0.1) is 19.3 Å². The number of aromatic nitrogens is 1. The molecule has 1 aliphatic carbocycles. The highest BCUT2D eigenvalue weighted by Gasteiger charge is 2.33. The third kappa shape index (κ3) is 4.14. The van der Waals surface area contributed by atoms with Gasteiger partial charge in [0.25, 0.3) is 0 Å². The molecule has 2 heterocycles. The predicted octanol–water partition coefficient (Wildman–Crippen LogP) is 2.82. The van der Waals surface area contributed by atoms with E-state index in [2.05, 4.69) is 9.88 Å². The van der Waals surface area contributed by atoms with Crippen LogP contribution in [-0.2, 0) is 4.74 Å². The van der Waals surface area contributed by atoms with Crippen LogP contribution in [0.2, 0.25) is 0 Å². The van der Waals surface area contributed by atoms with Crippen LogP contribution in [0.25, 0.3) is 0 Å². The molecule has 0 unspecified atom stereocenters. The number of carbonyl (C=O) groups excluding carboxylic acids is 1. The summed E-state index contributed by atoms with van der Waals surface area (Å²) < 4.78 is 6.18. The lowest BCUT2D eigenvalue weighted by Gasteiger charge is -2.38. The SMILES string of the molecule is O=Cc1ccc(N2CCC(OCC3(CO)CCCCC3)CC2)nc1. The topological polar surface area (TPSA) is 62.7 Å². The fraction of sp³-hybridized carbons (Fsp3) is 0.684. The van der Waals surface area contributed by atoms with E-state index < -0.39 is 0 Å². The number of piperidine rings is 1. The molecule has 0 aromatic carbocycles. The first-order valence-electron chi connectivity index (χ1n) is 9.13. The molecule has 0 radical (unpaired) electrons. The lowest BCUT2D eigenvalue weighted by atomic mass is 9.75. The van der Waals surface area contributed by atoms with Gasteiger partial charge in [0.15, 0.2) is 6.29 Å². The first-order chi connectivity index (χ1) is 11.7.